The smallest absolute Gasteiger partial charge is 0.164 e. The number of halogens is 2. The number of aromatic nitrogens is 1. The van der Waals surface area contributed by atoms with Crippen molar-refractivity contribution in [1.29, 1.82) is 0 Å². The molecule has 1 heterocycles. The van der Waals surface area contributed by atoms with Crippen LogP contribution in [0.1, 0.15) is 12.0 Å². The second-order valence-electron chi connectivity index (χ2n) is 2.28. The van der Waals surface area contributed by atoms with Crippen LogP contribution in [-0.4, -0.2) is 11.3 Å². The minimum absolute atomic E-state index is 0.140. The van der Waals surface area contributed by atoms with E-state index in [0.717, 1.165) is 6.29 Å². The van der Waals surface area contributed by atoms with E-state index in [4.69, 9.17) is 11.6 Å². The maximum atomic E-state index is 13.0. The van der Waals surface area contributed by atoms with Crippen LogP contribution in [-0.2, 0) is 11.2 Å². The van der Waals surface area contributed by atoms with Crippen LogP contribution < -0.4 is 0 Å². The lowest BCUT2D eigenvalue weighted by molar-refractivity contribution is -0.107. The topological polar surface area (TPSA) is 30.0 Å². The number of aryl methyl sites for hydroxylation is 1. The molecule has 0 spiro atoms. The Bertz CT molecular complexity index is 290. The van der Waals surface area contributed by atoms with Crippen molar-refractivity contribution in [3.8, 4) is 0 Å². The lowest BCUT2D eigenvalue weighted by Crippen LogP contribution is -1.93. The van der Waals surface area contributed by atoms with E-state index >= 15 is 0 Å². The molecule has 1 aromatic rings. The van der Waals surface area contributed by atoms with Gasteiger partial charge in [0.15, 0.2) is 11.0 Å². The molecule has 0 N–H and O–H groups in total. The maximum Gasteiger partial charge on any atom is 0.164 e. The van der Waals surface area contributed by atoms with Crippen LogP contribution in [0.5, 0.6) is 0 Å². The largest absolute Gasteiger partial charge is 0.303 e. The molecule has 0 radical (unpaired) electrons. The Morgan fingerprint density at radius 2 is 2.42 bits per heavy atom. The molecule has 0 bridgehead atoms. The molecule has 0 aromatic carbocycles. The van der Waals surface area contributed by atoms with E-state index in [-0.39, 0.29) is 5.15 Å². The Morgan fingerprint density at radius 1 is 1.67 bits per heavy atom. The third kappa shape index (κ3) is 2.01. The van der Waals surface area contributed by atoms with Gasteiger partial charge in [-0.1, -0.05) is 11.6 Å². The van der Waals surface area contributed by atoms with Crippen LogP contribution in [0.3, 0.4) is 0 Å². The zero-order valence-corrected chi connectivity index (χ0v) is 7.01. The summed E-state index contributed by atoms with van der Waals surface area (Å²) < 4.78 is 13.0. The molecule has 0 saturated carbocycles. The minimum atomic E-state index is -0.527. The van der Waals surface area contributed by atoms with Gasteiger partial charge in [-0.25, -0.2) is 9.37 Å². The third-order valence-corrected chi connectivity index (χ3v) is 1.72. The normalized spacial score (nSPS) is 9.83. The molecule has 0 aliphatic rings. The predicted octanol–water partition coefficient (Wildman–Crippen LogP) is 2.01. The van der Waals surface area contributed by atoms with E-state index in [1.165, 1.54) is 12.3 Å². The molecule has 1 aromatic heterocycles. The molecule has 0 unspecified atom stereocenters. The van der Waals surface area contributed by atoms with E-state index in [1.807, 2.05) is 0 Å². The summed E-state index contributed by atoms with van der Waals surface area (Å²) in [6.07, 6.45) is 2.84. The molecular formula is C8H7ClFNO. The van der Waals surface area contributed by atoms with Crippen LogP contribution in [0.4, 0.5) is 4.39 Å². The van der Waals surface area contributed by atoms with Gasteiger partial charge in [-0.15, -0.1) is 0 Å². The first kappa shape index (κ1) is 9.13. The van der Waals surface area contributed by atoms with Crippen LogP contribution in [0, 0.1) is 5.82 Å². The molecule has 0 atom stereocenters. The Balaban J connectivity index is 2.84. The van der Waals surface area contributed by atoms with E-state index in [2.05, 4.69) is 4.98 Å². The minimum Gasteiger partial charge on any atom is -0.303 e. The van der Waals surface area contributed by atoms with Gasteiger partial charge >= 0.3 is 0 Å². The number of carbonyl (C=O) groups is 1. The average molecular weight is 188 g/mol. The molecule has 12 heavy (non-hydrogen) atoms. The lowest BCUT2D eigenvalue weighted by atomic mass is 10.1. The van der Waals surface area contributed by atoms with Gasteiger partial charge in [0.1, 0.15) is 6.29 Å². The molecule has 0 saturated heterocycles. The number of carbonyl (C=O) groups excluding carboxylic acids is 1. The van der Waals surface area contributed by atoms with Gasteiger partial charge < -0.3 is 4.79 Å². The highest BCUT2D eigenvalue weighted by molar-refractivity contribution is 6.29. The summed E-state index contributed by atoms with van der Waals surface area (Å²) in [6.45, 7) is 0. The highest BCUT2D eigenvalue weighted by atomic mass is 35.5. The fraction of sp³-hybridized carbons (Fsp3) is 0.250. The predicted molar refractivity (Wildman–Crippen MR) is 43.6 cm³/mol. The summed E-state index contributed by atoms with van der Waals surface area (Å²) in [4.78, 5) is 13.6. The summed E-state index contributed by atoms with van der Waals surface area (Å²) in [5, 5.41) is -0.140. The Hall–Kier alpha value is -0.960. The van der Waals surface area contributed by atoms with E-state index < -0.39 is 5.82 Å². The summed E-state index contributed by atoms with van der Waals surface area (Å²) in [6, 6.07) is 1.52. The summed E-state index contributed by atoms with van der Waals surface area (Å²) in [5.74, 6) is -0.527. The monoisotopic (exact) mass is 187 g/mol. The zero-order chi connectivity index (χ0) is 8.97. The maximum absolute atomic E-state index is 13.0. The van der Waals surface area contributed by atoms with Crippen molar-refractivity contribution in [3.63, 3.8) is 0 Å². The van der Waals surface area contributed by atoms with Crippen molar-refractivity contribution >= 4 is 17.9 Å². The lowest BCUT2D eigenvalue weighted by Gasteiger charge is -1.99. The number of rotatable bonds is 3. The fourth-order valence-corrected chi connectivity index (χ4v) is 1.04. The zero-order valence-electron chi connectivity index (χ0n) is 6.26. The van der Waals surface area contributed by atoms with E-state index in [0.29, 0.717) is 18.4 Å². The van der Waals surface area contributed by atoms with Gasteiger partial charge in [-0.05, 0) is 18.1 Å². The van der Waals surface area contributed by atoms with Crippen LogP contribution in [0.15, 0.2) is 12.3 Å². The molecule has 0 aliphatic carbocycles. The van der Waals surface area contributed by atoms with Crippen LogP contribution >= 0.6 is 11.6 Å². The Kier molecular flexibility index (Phi) is 3.17. The van der Waals surface area contributed by atoms with E-state index in [1.54, 1.807) is 0 Å². The quantitative estimate of drug-likeness (QED) is 0.535. The third-order valence-electron chi connectivity index (χ3n) is 1.46. The molecular weight excluding hydrogens is 181 g/mol. The molecule has 64 valence electrons. The molecule has 0 aliphatic heterocycles. The fourth-order valence-electron chi connectivity index (χ4n) is 0.863. The first-order valence-corrected chi connectivity index (χ1v) is 3.86. The van der Waals surface area contributed by atoms with Gasteiger partial charge in [-0.2, -0.15) is 0 Å². The highest BCUT2D eigenvalue weighted by Crippen LogP contribution is 2.15. The summed E-state index contributed by atoms with van der Waals surface area (Å²) in [7, 11) is 0. The first-order valence-electron chi connectivity index (χ1n) is 3.48. The molecule has 1 rings (SSSR count). The number of pyridine rings is 1. The molecule has 0 fully saturated rings. The van der Waals surface area contributed by atoms with Gasteiger partial charge in [0.05, 0.1) is 0 Å². The van der Waals surface area contributed by atoms with Crippen molar-refractivity contribution in [2.75, 3.05) is 0 Å². The van der Waals surface area contributed by atoms with Crippen molar-refractivity contribution < 1.29 is 9.18 Å². The van der Waals surface area contributed by atoms with Gasteiger partial charge in [-0.3, -0.25) is 0 Å². The number of hydrogen-bond acceptors (Lipinski definition) is 2. The second kappa shape index (κ2) is 4.16. The summed E-state index contributed by atoms with van der Waals surface area (Å²) >= 11 is 5.42. The van der Waals surface area contributed by atoms with Crippen molar-refractivity contribution in [2.45, 2.75) is 12.8 Å². The summed E-state index contributed by atoms with van der Waals surface area (Å²) in [5.41, 5.74) is 0.433. The average Bonchev–Trinajstić information content (AvgIpc) is 2.08. The number of aldehydes is 1. The highest BCUT2D eigenvalue weighted by Gasteiger charge is 2.05. The van der Waals surface area contributed by atoms with Crippen molar-refractivity contribution in [2.24, 2.45) is 0 Å². The van der Waals surface area contributed by atoms with E-state index in [9.17, 15) is 9.18 Å². The van der Waals surface area contributed by atoms with Gasteiger partial charge in [0, 0.05) is 12.6 Å². The van der Waals surface area contributed by atoms with Crippen LogP contribution in [0.2, 0.25) is 5.15 Å². The van der Waals surface area contributed by atoms with Gasteiger partial charge in [0.2, 0.25) is 0 Å². The first-order chi connectivity index (χ1) is 5.75. The van der Waals surface area contributed by atoms with Crippen molar-refractivity contribution in [3.05, 3.63) is 28.8 Å². The molecule has 4 heteroatoms. The molecule has 2 nitrogen and oxygen atoms in total. The second-order valence-corrected chi connectivity index (χ2v) is 2.64. The molecule has 0 amide bonds. The SMILES string of the molecule is O=CCCc1ccnc(Cl)c1F. The van der Waals surface area contributed by atoms with Gasteiger partial charge in [0.25, 0.3) is 0 Å². The Morgan fingerprint density at radius 3 is 3.08 bits per heavy atom. The van der Waals surface area contributed by atoms with Crippen molar-refractivity contribution in [1.82, 2.24) is 4.98 Å². The number of hydrogen-bond donors (Lipinski definition) is 0. The Labute approximate surface area is 74.4 Å². The number of nitrogens with zero attached hydrogens (tertiary/aromatic N) is 1. The standard InChI is InChI=1S/C8H7ClFNO/c9-8-7(10)6(2-1-5-12)3-4-11-8/h3-5H,1-2H2. The van der Waals surface area contributed by atoms with Crippen LogP contribution in [0.25, 0.3) is 0 Å².